The molecule has 35 heavy (non-hydrogen) atoms. The van der Waals surface area contributed by atoms with Crippen molar-refractivity contribution in [3.05, 3.63) is 149 Å². The van der Waals surface area contributed by atoms with Crippen LogP contribution < -0.4 is 4.74 Å². The van der Waals surface area contributed by atoms with Gasteiger partial charge in [0.2, 0.25) is 0 Å². The van der Waals surface area contributed by atoms with Crippen molar-refractivity contribution < 1.29 is 14.4 Å². The van der Waals surface area contributed by atoms with Gasteiger partial charge in [0.15, 0.2) is 5.78 Å². The summed E-state index contributed by atoms with van der Waals surface area (Å²) in [4.78, 5) is 20.5. The minimum atomic E-state index is -0.354. The maximum absolute atomic E-state index is 14.0. The van der Waals surface area contributed by atoms with E-state index in [4.69, 9.17) is 9.57 Å². The molecule has 0 aliphatic carbocycles. The van der Waals surface area contributed by atoms with Gasteiger partial charge in [-0.3, -0.25) is 4.79 Å². The van der Waals surface area contributed by atoms with Crippen molar-refractivity contribution >= 4 is 5.78 Å². The van der Waals surface area contributed by atoms with Gasteiger partial charge in [-0.15, -0.1) is 5.06 Å². The van der Waals surface area contributed by atoms with Gasteiger partial charge in [-0.1, -0.05) is 103 Å². The molecule has 174 valence electrons. The Morgan fingerprint density at radius 3 is 1.94 bits per heavy atom. The maximum Gasteiger partial charge on any atom is 0.194 e. The fourth-order valence-electron chi connectivity index (χ4n) is 4.45. The zero-order valence-electron chi connectivity index (χ0n) is 19.6. The van der Waals surface area contributed by atoms with Crippen LogP contribution in [0.4, 0.5) is 0 Å². The Labute approximate surface area is 206 Å². The van der Waals surface area contributed by atoms with E-state index in [0.717, 1.165) is 22.4 Å². The minimum absolute atomic E-state index is 0.0205. The van der Waals surface area contributed by atoms with Gasteiger partial charge in [-0.2, -0.15) is 0 Å². The average Bonchev–Trinajstić information content (AvgIpc) is 3.27. The van der Waals surface area contributed by atoms with E-state index in [2.05, 4.69) is 24.3 Å². The SMILES string of the molecule is COc1ccc(C2C(C(=O)c3ccccc3)=C(Cc3ccccc3)ON2Cc2ccccc2)cc1. The summed E-state index contributed by atoms with van der Waals surface area (Å²) in [6.07, 6.45) is 0.534. The summed E-state index contributed by atoms with van der Waals surface area (Å²) in [6, 6.07) is 37.2. The predicted octanol–water partition coefficient (Wildman–Crippen LogP) is 6.56. The zero-order valence-corrected chi connectivity index (χ0v) is 19.6. The molecule has 4 aromatic rings. The fourth-order valence-corrected chi connectivity index (χ4v) is 4.45. The number of benzene rings is 4. The van der Waals surface area contributed by atoms with Crippen LogP contribution in [0.1, 0.15) is 33.1 Å². The van der Waals surface area contributed by atoms with Crippen LogP contribution in [0.5, 0.6) is 5.75 Å². The van der Waals surface area contributed by atoms with Crippen LogP contribution in [0, 0.1) is 0 Å². The first kappa shape index (κ1) is 22.6. The number of carbonyl (C=O) groups is 1. The van der Waals surface area contributed by atoms with Gasteiger partial charge in [0.1, 0.15) is 17.6 Å². The minimum Gasteiger partial charge on any atom is -0.497 e. The molecule has 0 N–H and O–H groups in total. The molecule has 1 atom stereocenters. The summed E-state index contributed by atoms with van der Waals surface area (Å²) >= 11 is 0. The number of hydrogen-bond acceptors (Lipinski definition) is 4. The smallest absolute Gasteiger partial charge is 0.194 e. The van der Waals surface area contributed by atoms with Crippen LogP contribution in [0.15, 0.2) is 127 Å². The van der Waals surface area contributed by atoms with Gasteiger partial charge in [0.05, 0.1) is 19.2 Å². The van der Waals surface area contributed by atoms with E-state index in [1.165, 1.54) is 0 Å². The van der Waals surface area contributed by atoms with E-state index in [-0.39, 0.29) is 11.8 Å². The van der Waals surface area contributed by atoms with Crippen LogP contribution in [0.3, 0.4) is 0 Å². The monoisotopic (exact) mass is 461 g/mol. The molecule has 5 rings (SSSR count). The molecule has 1 unspecified atom stereocenters. The molecule has 0 saturated heterocycles. The molecule has 1 aliphatic heterocycles. The number of ether oxygens (including phenoxy) is 1. The molecule has 0 spiro atoms. The maximum atomic E-state index is 14.0. The van der Waals surface area contributed by atoms with E-state index in [1.807, 2.05) is 96.1 Å². The molecule has 0 amide bonds. The summed E-state index contributed by atoms with van der Waals surface area (Å²) in [5.41, 5.74) is 4.50. The molecule has 1 aliphatic rings. The van der Waals surface area contributed by atoms with E-state index in [9.17, 15) is 4.79 Å². The third-order valence-corrected chi connectivity index (χ3v) is 6.19. The summed E-state index contributed by atoms with van der Waals surface area (Å²) in [5.74, 6) is 1.43. The van der Waals surface area contributed by atoms with Crippen molar-refractivity contribution in [1.82, 2.24) is 5.06 Å². The summed E-state index contributed by atoms with van der Waals surface area (Å²) in [7, 11) is 1.65. The van der Waals surface area contributed by atoms with Crippen LogP contribution in [0.25, 0.3) is 0 Å². The Balaban J connectivity index is 1.61. The van der Waals surface area contributed by atoms with E-state index < -0.39 is 0 Å². The van der Waals surface area contributed by atoms with Gasteiger partial charge in [-0.25, -0.2) is 0 Å². The molecule has 0 radical (unpaired) electrons. The second-order valence-corrected chi connectivity index (χ2v) is 8.52. The first-order valence-electron chi connectivity index (χ1n) is 11.7. The number of carbonyl (C=O) groups excluding carboxylic acids is 1. The van der Waals surface area contributed by atoms with Gasteiger partial charge in [0.25, 0.3) is 0 Å². The molecule has 0 fully saturated rings. The van der Waals surface area contributed by atoms with Crippen LogP contribution in [0.2, 0.25) is 0 Å². The normalized spacial score (nSPS) is 15.6. The number of hydrogen-bond donors (Lipinski definition) is 0. The molecule has 0 aromatic heterocycles. The Kier molecular flexibility index (Phi) is 6.73. The number of ketones is 1. The number of methoxy groups -OCH3 is 1. The summed E-state index contributed by atoms with van der Waals surface area (Å²) < 4.78 is 5.37. The second-order valence-electron chi connectivity index (χ2n) is 8.52. The first-order valence-corrected chi connectivity index (χ1v) is 11.7. The van der Waals surface area contributed by atoms with Crippen molar-refractivity contribution in [2.24, 2.45) is 0 Å². The molecule has 4 aromatic carbocycles. The van der Waals surface area contributed by atoms with Gasteiger partial charge in [0, 0.05) is 12.0 Å². The molecule has 1 heterocycles. The standard InChI is InChI=1S/C31H27NO3/c1-34-27-19-17-25(18-20-27)30-29(31(33)26-15-9-4-10-16-26)28(21-23-11-5-2-6-12-23)35-32(30)22-24-13-7-3-8-14-24/h2-20,30H,21-22H2,1H3. The van der Waals surface area contributed by atoms with Gasteiger partial charge < -0.3 is 9.57 Å². The molecule has 0 saturated carbocycles. The summed E-state index contributed by atoms with van der Waals surface area (Å²) in [5, 5.41) is 1.92. The molecular weight excluding hydrogens is 434 g/mol. The van der Waals surface area contributed by atoms with E-state index in [1.54, 1.807) is 7.11 Å². The average molecular weight is 462 g/mol. The Bertz CT molecular complexity index is 1300. The Morgan fingerprint density at radius 2 is 1.34 bits per heavy atom. The largest absolute Gasteiger partial charge is 0.497 e. The highest BCUT2D eigenvalue weighted by molar-refractivity contribution is 6.10. The highest BCUT2D eigenvalue weighted by atomic mass is 16.7. The zero-order chi connectivity index (χ0) is 24.0. The third kappa shape index (κ3) is 5.03. The quantitative estimate of drug-likeness (QED) is 0.279. The van der Waals surface area contributed by atoms with Crippen LogP contribution >= 0.6 is 0 Å². The first-order chi connectivity index (χ1) is 17.2. The highest BCUT2D eigenvalue weighted by Crippen LogP contribution is 2.42. The molecule has 4 nitrogen and oxygen atoms in total. The van der Waals surface area contributed by atoms with E-state index in [0.29, 0.717) is 29.9 Å². The van der Waals surface area contributed by atoms with Crippen molar-refractivity contribution in [3.63, 3.8) is 0 Å². The van der Waals surface area contributed by atoms with E-state index >= 15 is 0 Å². The lowest BCUT2D eigenvalue weighted by Gasteiger charge is -2.25. The van der Waals surface area contributed by atoms with Gasteiger partial charge >= 0.3 is 0 Å². The Morgan fingerprint density at radius 1 is 0.771 bits per heavy atom. The summed E-state index contributed by atoms with van der Waals surface area (Å²) in [6.45, 7) is 0.543. The van der Waals surface area contributed by atoms with Crippen LogP contribution in [-0.4, -0.2) is 18.0 Å². The molecular formula is C31H27NO3. The molecule has 0 bridgehead atoms. The van der Waals surface area contributed by atoms with Crippen LogP contribution in [-0.2, 0) is 17.8 Å². The number of rotatable bonds is 8. The lowest BCUT2D eigenvalue weighted by molar-refractivity contribution is -0.128. The number of allylic oxidation sites excluding steroid dienone is 1. The Hall–Kier alpha value is -4.15. The third-order valence-electron chi connectivity index (χ3n) is 6.19. The van der Waals surface area contributed by atoms with Gasteiger partial charge in [-0.05, 0) is 28.8 Å². The molecule has 4 heteroatoms. The number of Topliss-reactive ketones (excluding diaryl/α,β-unsaturated/α-hetero) is 1. The predicted molar refractivity (Wildman–Crippen MR) is 137 cm³/mol. The topological polar surface area (TPSA) is 38.8 Å². The number of nitrogens with zero attached hydrogens (tertiary/aromatic N) is 1. The van der Waals surface area contributed by atoms with Crippen molar-refractivity contribution in [2.75, 3.05) is 7.11 Å². The lowest BCUT2D eigenvalue weighted by Crippen LogP contribution is -2.25. The lowest BCUT2D eigenvalue weighted by atomic mass is 9.90. The van der Waals surface area contributed by atoms with Crippen molar-refractivity contribution in [3.8, 4) is 5.75 Å². The highest BCUT2D eigenvalue weighted by Gasteiger charge is 2.40. The fraction of sp³-hybridized carbons (Fsp3) is 0.129. The second kappa shape index (κ2) is 10.4. The van der Waals surface area contributed by atoms with Crippen molar-refractivity contribution in [1.29, 1.82) is 0 Å². The number of hydroxylamine groups is 2. The van der Waals surface area contributed by atoms with Crippen molar-refractivity contribution in [2.45, 2.75) is 19.0 Å².